The van der Waals surface area contributed by atoms with Gasteiger partial charge in [0.25, 0.3) is 0 Å². The molecule has 2 nitrogen and oxygen atoms in total. The SMILES string of the molecule is CCCCCCCCCCCCCCCCCCCCO[Si](C)(C)OCCCCCCCCCCCCCCCCCCCC. The standard InChI is InChI=1S/C42H88O2Si/c1-5-7-9-11-13-15-17-19-21-23-25-27-29-31-33-35-37-39-41-43-45(3,4)44-42-40-38-36-34-32-30-28-26-24-22-20-18-16-14-12-10-8-6-2/h5-42H2,1-4H3. The molecule has 0 fully saturated rings. The van der Waals surface area contributed by atoms with Crippen LogP contribution in [0.1, 0.15) is 245 Å². The molecule has 0 aliphatic rings. The zero-order valence-electron chi connectivity index (χ0n) is 32.2. The van der Waals surface area contributed by atoms with E-state index in [2.05, 4.69) is 26.9 Å². The fourth-order valence-corrected chi connectivity index (χ4v) is 8.04. The summed E-state index contributed by atoms with van der Waals surface area (Å²) in [6.45, 7) is 10.9. The minimum Gasteiger partial charge on any atom is -0.395 e. The molecule has 0 unspecified atom stereocenters. The maximum absolute atomic E-state index is 6.21. The summed E-state index contributed by atoms with van der Waals surface area (Å²) in [5.74, 6) is 0. The Morgan fingerprint density at radius 3 is 0.578 bits per heavy atom. The van der Waals surface area contributed by atoms with Crippen molar-refractivity contribution >= 4 is 8.56 Å². The third kappa shape index (κ3) is 40.2. The first kappa shape index (κ1) is 45.1. The minimum atomic E-state index is -1.93. The van der Waals surface area contributed by atoms with Gasteiger partial charge in [0.15, 0.2) is 0 Å². The Morgan fingerprint density at radius 2 is 0.400 bits per heavy atom. The average molecular weight is 653 g/mol. The second kappa shape index (κ2) is 38.6. The molecular formula is C42H88O2Si. The summed E-state index contributed by atoms with van der Waals surface area (Å²) < 4.78 is 12.4. The molecule has 0 N–H and O–H groups in total. The topological polar surface area (TPSA) is 18.5 Å². The van der Waals surface area contributed by atoms with E-state index < -0.39 is 8.56 Å². The van der Waals surface area contributed by atoms with Crippen LogP contribution in [0.4, 0.5) is 0 Å². The molecule has 0 radical (unpaired) electrons. The molecule has 0 atom stereocenters. The van der Waals surface area contributed by atoms with Crippen LogP contribution in [0.2, 0.25) is 13.1 Å². The van der Waals surface area contributed by atoms with Crippen LogP contribution in [0.15, 0.2) is 0 Å². The molecule has 0 aliphatic heterocycles. The van der Waals surface area contributed by atoms with Crippen LogP contribution in [-0.4, -0.2) is 21.8 Å². The van der Waals surface area contributed by atoms with Gasteiger partial charge in [-0.15, -0.1) is 0 Å². The summed E-state index contributed by atoms with van der Waals surface area (Å²) in [6, 6.07) is 0. The molecule has 3 heteroatoms. The van der Waals surface area contributed by atoms with Gasteiger partial charge in [-0.25, -0.2) is 0 Å². The van der Waals surface area contributed by atoms with Gasteiger partial charge in [-0.05, 0) is 25.9 Å². The van der Waals surface area contributed by atoms with E-state index >= 15 is 0 Å². The number of unbranched alkanes of at least 4 members (excludes halogenated alkanes) is 34. The summed E-state index contributed by atoms with van der Waals surface area (Å²) in [6.07, 6.45) is 51.3. The van der Waals surface area contributed by atoms with Gasteiger partial charge < -0.3 is 8.85 Å². The maximum Gasteiger partial charge on any atom is 0.331 e. The quantitative estimate of drug-likeness (QED) is 0.0484. The van der Waals surface area contributed by atoms with Gasteiger partial charge in [0.2, 0.25) is 0 Å². The lowest BCUT2D eigenvalue weighted by Crippen LogP contribution is -2.35. The van der Waals surface area contributed by atoms with E-state index in [0.717, 1.165) is 13.2 Å². The molecule has 45 heavy (non-hydrogen) atoms. The highest BCUT2D eigenvalue weighted by Crippen LogP contribution is 2.17. The Morgan fingerprint density at radius 1 is 0.244 bits per heavy atom. The van der Waals surface area contributed by atoms with Crippen LogP contribution in [0.25, 0.3) is 0 Å². The van der Waals surface area contributed by atoms with Gasteiger partial charge >= 0.3 is 8.56 Å². The van der Waals surface area contributed by atoms with Crippen molar-refractivity contribution in [3.05, 3.63) is 0 Å². The Labute approximate surface area is 288 Å². The zero-order valence-corrected chi connectivity index (χ0v) is 33.2. The second-order valence-electron chi connectivity index (χ2n) is 15.1. The second-order valence-corrected chi connectivity index (χ2v) is 18.5. The molecule has 0 bridgehead atoms. The molecule has 0 heterocycles. The maximum atomic E-state index is 6.21. The minimum absolute atomic E-state index is 0.900. The van der Waals surface area contributed by atoms with E-state index in [1.165, 1.54) is 231 Å². The molecule has 272 valence electrons. The van der Waals surface area contributed by atoms with Gasteiger partial charge in [-0.3, -0.25) is 0 Å². The van der Waals surface area contributed by atoms with Crippen molar-refractivity contribution in [2.75, 3.05) is 13.2 Å². The van der Waals surface area contributed by atoms with E-state index in [1.54, 1.807) is 0 Å². The molecule has 0 aromatic heterocycles. The van der Waals surface area contributed by atoms with Crippen molar-refractivity contribution in [1.29, 1.82) is 0 Å². The Kier molecular flexibility index (Phi) is 38.7. The highest BCUT2D eigenvalue weighted by Gasteiger charge is 2.23. The molecule has 0 saturated carbocycles. The van der Waals surface area contributed by atoms with Crippen LogP contribution in [0.3, 0.4) is 0 Å². The number of hydrogen-bond donors (Lipinski definition) is 0. The fraction of sp³-hybridized carbons (Fsp3) is 1.00. The van der Waals surface area contributed by atoms with Crippen molar-refractivity contribution < 1.29 is 8.85 Å². The average Bonchev–Trinajstić information content (AvgIpc) is 3.03. The lowest BCUT2D eigenvalue weighted by atomic mass is 10.0. The molecule has 0 amide bonds. The highest BCUT2D eigenvalue weighted by molar-refractivity contribution is 6.64. The third-order valence-corrected chi connectivity index (χ3v) is 11.7. The lowest BCUT2D eigenvalue weighted by molar-refractivity contribution is 0.172. The van der Waals surface area contributed by atoms with Gasteiger partial charge in [0.05, 0.1) is 0 Å². The van der Waals surface area contributed by atoms with Crippen molar-refractivity contribution in [3.63, 3.8) is 0 Å². The smallest absolute Gasteiger partial charge is 0.331 e. The molecular weight excluding hydrogens is 565 g/mol. The summed E-state index contributed by atoms with van der Waals surface area (Å²) in [5, 5.41) is 0. The monoisotopic (exact) mass is 653 g/mol. The fourth-order valence-electron chi connectivity index (χ4n) is 6.69. The first-order chi connectivity index (χ1) is 22.1. The summed E-state index contributed by atoms with van der Waals surface area (Å²) in [5.41, 5.74) is 0. The van der Waals surface area contributed by atoms with E-state index in [1.807, 2.05) is 0 Å². The predicted octanol–water partition coefficient (Wildman–Crippen LogP) is 15.8. The largest absolute Gasteiger partial charge is 0.395 e. The van der Waals surface area contributed by atoms with Gasteiger partial charge in [-0.1, -0.05) is 232 Å². The van der Waals surface area contributed by atoms with Crippen molar-refractivity contribution in [1.82, 2.24) is 0 Å². The van der Waals surface area contributed by atoms with Crippen LogP contribution >= 0.6 is 0 Å². The predicted molar refractivity (Wildman–Crippen MR) is 207 cm³/mol. The third-order valence-electron chi connectivity index (χ3n) is 9.90. The molecule has 0 spiro atoms. The lowest BCUT2D eigenvalue weighted by Gasteiger charge is -2.23. The van der Waals surface area contributed by atoms with Gasteiger partial charge in [0, 0.05) is 13.2 Å². The van der Waals surface area contributed by atoms with E-state index in [-0.39, 0.29) is 0 Å². The first-order valence-corrected chi connectivity index (χ1v) is 24.2. The normalized spacial score (nSPS) is 12.0. The van der Waals surface area contributed by atoms with Crippen LogP contribution in [0, 0.1) is 0 Å². The number of rotatable bonds is 40. The van der Waals surface area contributed by atoms with Crippen molar-refractivity contribution in [2.24, 2.45) is 0 Å². The molecule has 0 aromatic carbocycles. The van der Waals surface area contributed by atoms with E-state index in [9.17, 15) is 0 Å². The van der Waals surface area contributed by atoms with E-state index in [0.29, 0.717) is 0 Å². The Bertz CT molecular complexity index is 479. The molecule has 0 rings (SSSR count). The summed E-state index contributed by atoms with van der Waals surface area (Å²) >= 11 is 0. The first-order valence-electron chi connectivity index (χ1n) is 21.4. The highest BCUT2D eigenvalue weighted by atomic mass is 28.4. The molecule has 0 aromatic rings. The Balaban J connectivity index is 3.25. The Hall–Kier alpha value is 0.137. The molecule has 0 aliphatic carbocycles. The summed E-state index contributed by atoms with van der Waals surface area (Å²) in [4.78, 5) is 0. The van der Waals surface area contributed by atoms with E-state index in [4.69, 9.17) is 8.85 Å². The van der Waals surface area contributed by atoms with Crippen LogP contribution < -0.4 is 0 Å². The van der Waals surface area contributed by atoms with Gasteiger partial charge in [-0.2, -0.15) is 0 Å². The van der Waals surface area contributed by atoms with Gasteiger partial charge in [0.1, 0.15) is 0 Å². The zero-order chi connectivity index (χ0) is 32.8. The van der Waals surface area contributed by atoms with Crippen molar-refractivity contribution in [3.8, 4) is 0 Å². The van der Waals surface area contributed by atoms with Crippen LogP contribution in [0.5, 0.6) is 0 Å². The van der Waals surface area contributed by atoms with Crippen molar-refractivity contribution in [2.45, 2.75) is 258 Å². The van der Waals surface area contributed by atoms with Crippen LogP contribution in [-0.2, 0) is 8.85 Å². The molecule has 0 saturated heterocycles. The number of hydrogen-bond acceptors (Lipinski definition) is 2. The summed E-state index contributed by atoms with van der Waals surface area (Å²) in [7, 11) is -1.93.